The van der Waals surface area contributed by atoms with Gasteiger partial charge in [0.25, 0.3) is 0 Å². The third-order valence-electron chi connectivity index (χ3n) is 7.65. The molecule has 4 heterocycles. The van der Waals surface area contributed by atoms with Gasteiger partial charge in [0.1, 0.15) is 16.7 Å². The first-order valence-electron chi connectivity index (χ1n) is 12.9. The minimum absolute atomic E-state index is 0.560. The van der Waals surface area contributed by atoms with E-state index >= 15 is 0 Å². The molecule has 0 unspecified atom stereocenters. The van der Waals surface area contributed by atoms with Gasteiger partial charge in [-0.15, -0.1) is 0 Å². The lowest BCUT2D eigenvalue weighted by Gasteiger charge is -2.10. The average Bonchev–Trinajstić information content (AvgIpc) is 3.66. The lowest BCUT2D eigenvalue weighted by atomic mass is 10.1. The molecule has 0 aliphatic carbocycles. The standard InChI is InChI=1S/C34H19N3O2/c1-2-10-20(11-3-1)31-30-24-14-6-9-17-27(24)39-33(30)36-34(35-31)37-25-15-7-4-12-21(25)22-18-19-28-29(32(22)37)23-13-5-8-16-26(23)38-28/h1-19H. The zero-order chi connectivity index (χ0) is 25.5. The van der Waals surface area contributed by atoms with Gasteiger partial charge < -0.3 is 8.83 Å². The van der Waals surface area contributed by atoms with E-state index in [-0.39, 0.29) is 0 Å². The summed E-state index contributed by atoms with van der Waals surface area (Å²) in [6, 6.07) is 39.1. The minimum atomic E-state index is 0.560. The Kier molecular flexibility index (Phi) is 3.99. The number of para-hydroxylation sites is 3. The Morgan fingerprint density at radius 1 is 0.487 bits per heavy atom. The smallest absolute Gasteiger partial charge is 0.238 e. The van der Waals surface area contributed by atoms with Gasteiger partial charge in [0, 0.05) is 27.1 Å². The number of aromatic nitrogens is 3. The average molecular weight is 502 g/mol. The molecule has 0 N–H and O–H groups in total. The molecule has 0 amide bonds. The Hall–Kier alpha value is -5.42. The second-order valence-corrected chi connectivity index (χ2v) is 9.80. The van der Waals surface area contributed by atoms with Crippen LogP contribution >= 0.6 is 0 Å². The summed E-state index contributed by atoms with van der Waals surface area (Å²) in [7, 11) is 0. The maximum Gasteiger partial charge on any atom is 0.238 e. The van der Waals surface area contributed by atoms with Gasteiger partial charge in [-0.25, -0.2) is 4.98 Å². The summed E-state index contributed by atoms with van der Waals surface area (Å²) in [6.07, 6.45) is 0. The summed E-state index contributed by atoms with van der Waals surface area (Å²) < 4.78 is 14.8. The molecule has 0 radical (unpaired) electrons. The Balaban J connectivity index is 1.50. The van der Waals surface area contributed by atoms with Crippen LogP contribution in [0.3, 0.4) is 0 Å². The summed E-state index contributed by atoms with van der Waals surface area (Å²) in [5, 5.41) is 6.29. The van der Waals surface area contributed by atoms with Gasteiger partial charge in [0.15, 0.2) is 0 Å². The molecule has 0 aliphatic heterocycles. The molecule has 9 aromatic rings. The zero-order valence-corrected chi connectivity index (χ0v) is 20.6. The van der Waals surface area contributed by atoms with E-state index < -0.39 is 0 Å². The summed E-state index contributed by atoms with van der Waals surface area (Å²) in [4.78, 5) is 10.3. The Bertz CT molecular complexity index is 2390. The second-order valence-electron chi connectivity index (χ2n) is 9.80. The van der Waals surface area contributed by atoms with E-state index in [4.69, 9.17) is 18.8 Å². The van der Waals surface area contributed by atoms with Crippen molar-refractivity contribution in [3.63, 3.8) is 0 Å². The molecule has 0 aliphatic rings. The Morgan fingerprint density at radius 3 is 1.97 bits per heavy atom. The first-order chi connectivity index (χ1) is 19.3. The first-order valence-corrected chi connectivity index (χ1v) is 12.9. The highest BCUT2D eigenvalue weighted by atomic mass is 16.3. The van der Waals surface area contributed by atoms with Gasteiger partial charge in [-0.3, -0.25) is 4.57 Å². The van der Waals surface area contributed by atoms with E-state index in [2.05, 4.69) is 65.2 Å². The van der Waals surface area contributed by atoms with Crippen LogP contribution in [0.1, 0.15) is 0 Å². The Morgan fingerprint density at radius 2 is 1.15 bits per heavy atom. The fraction of sp³-hybridized carbons (Fsp3) is 0. The number of hydrogen-bond acceptors (Lipinski definition) is 4. The second kappa shape index (κ2) is 7.55. The fourth-order valence-electron chi connectivity index (χ4n) is 5.99. The van der Waals surface area contributed by atoms with Crippen molar-refractivity contribution < 1.29 is 8.83 Å². The van der Waals surface area contributed by atoms with Gasteiger partial charge in [-0.2, -0.15) is 4.98 Å². The topological polar surface area (TPSA) is 57.0 Å². The van der Waals surface area contributed by atoms with Crippen molar-refractivity contribution in [3.05, 3.63) is 115 Å². The lowest BCUT2D eigenvalue weighted by molar-refractivity contribution is 0.651. The van der Waals surface area contributed by atoms with Crippen LogP contribution in [-0.4, -0.2) is 14.5 Å². The number of benzene rings is 5. The normalized spacial score (nSPS) is 12.1. The van der Waals surface area contributed by atoms with Gasteiger partial charge >= 0.3 is 0 Å². The van der Waals surface area contributed by atoms with Crippen LogP contribution in [0.4, 0.5) is 0 Å². The molecule has 5 nitrogen and oxygen atoms in total. The van der Waals surface area contributed by atoms with Gasteiger partial charge in [-0.1, -0.05) is 84.9 Å². The lowest BCUT2D eigenvalue weighted by Crippen LogP contribution is -2.03. The van der Waals surface area contributed by atoms with Crippen molar-refractivity contribution >= 4 is 65.8 Å². The SMILES string of the molecule is c1ccc(-c2nc(-n3c4ccccc4c4ccc5oc6ccccc6c5c43)nc3oc4ccccc4c23)cc1. The summed E-state index contributed by atoms with van der Waals surface area (Å²) in [6.45, 7) is 0. The maximum absolute atomic E-state index is 6.34. The van der Waals surface area contributed by atoms with Crippen molar-refractivity contribution in [3.8, 4) is 17.2 Å². The highest BCUT2D eigenvalue weighted by Crippen LogP contribution is 2.41. The van der Waals surface area contributed by atoms with E-state index in [9.17, 15) is 0 Å². The van der Waals surface area contributed by atoms with Crippen molar-refractivity contribution in [2.45, 2.75) is 0 Å². The highest BCUT2D eigenvalue weighted by molar-refractivity contribution is 6.24. The van der Waals surface area contributed by atoms with Crippen LogP contribution in [-0.2, 0) is 0 Å². The molecule has 0 saturated carbocycles. The molecule has 0 bridgehead atoms. The largest absolute Gasteiger partial charge is 0.456 e. The van der Waals surface area contributed by atoms with Crippen LogP contribution in [0.15, 0.2) is 124 Å². The molecule has 0 spiro atoms. The number of furan rings is 2. The van der Waals surface area contributed by atoms with Crippen molar-refractivity contribution in [2.24, 2.45) is 0 Å². The monoisotopic (exact) mass is 501 g/mol. The molecule has 4 aromatic heterocycles. The highest BCUT2D eigenvalue weighted by Gasteiger charge is 2.23. The van der Waals surface area contributed by atoms with Crippen LogP contribution in [0.25, 0.3) is 83.0 Å². The molecule has 0 fully saturated rings. The predicted octanol–water partition coefficient (Wildman–Crippen LogP) is 9.04. The summed E-state index contributed by atoms with van der Waals surface area (Å²) in [5.74, 6) is 0.560. The van der Waals surface area contributed by atoms with E-state index in [0.29, 0.717) is 11.7 Å². The fourth-order valence-corrected chi connectivity index (χ4v) is 5.99. The van der Waals surface area contributed by atoms with E-state index in [1.807, 2.05) is 54.6 Å². The van der Waals surface area contributed by atoms with Crippen molar-refractivity contribution in [2.75, 3.05) is 0 Å². The quantitative estimate of drug-likeness (QED) is 0.237. The van der Waals surface area contributed by atoms with Gasteiger partial charge in [-0.05, 0) is 30.3 Å². The maximum atomic E-state index is 6.34. The molecule has 5 heteroatoms. The third kappa shape index (κ3) is 2.79. The van der Waals surface area contributed by atoms with Crippen LogP contribution in [0.5, 0.6) is 0 Å². The third-order valence-corrected chi connectivity index (χ3v) is 7.65. The number of nitrogens with zero attached hydrogens (tertiary/aromatic N) is 3. The first kappa shape index (κ1) is 20.6. The van der Waals surface area contributed by atoms with Crippen molar-refractivity contribution in [1.82, 2.24) is 14.5 Å². The molecular weight excluding hydrogens is 482 g/mol. The molecule has 5 aromatic carbocycles. The molecule has 0 saturated heterocycles. The van der Waals surface area contributed by atoms with Crippen LogP contribution < -0.4 is 0 Å². The molecule has 39 heavy (non-hydrogen) atoms. The van der Waals surface area contributed by atoms with Crippen LogP contribution in [0, 0.1) is 0 Å². The predicted molar refractivity (Wildman–Crippen MR) is 156 cm³/mol. The van der Waals surface area contributed by atoms with Crippen molar-refractivity contribution in [1.29, 1.82) is 0 Å². The zero-order valence-electron chi connectivity index (χ0n) is 20.6. The van der Waals surface area contributed by atoms with Gasteiger partial charge in [0.05, 0.1) is 27.5 Å². The summed E-state index contributed by atoms with van der Waals surface area (Å²) >= 11 is 0. The number of rotatable bonds is 2. The summed E-state index contributed by atoms with van der Waals surface area (Å²) in [5.41, 5.74) is 6.95. The van der Waals surface area contributed by atoms with Gasteiger partial charge in [0.2, 0.25) is 11.7 Å². The molecular formula is C34H19N3O2. The Labute approximate surface area is 221 Å². The van der Waals surface area contributed by atoms with E-state index in [1.165, 1.54) is 0 Å². The van der Waals surface area contributed by atoms with E-state index in [0.717, 1.165) is 71.4 Å². The minimum Gasteiger partial charge on any atom is -0.456 e. The van der Waals surface area contributed by atoms with Crippen LogP contribution in [0.2, 0.25) is 0 Å². The van der Waals surface area contributed by atoms with E-state index in [1.54, 1.807) is 0 Å². The number of hydrogen-bond donors (Lipinski definition) is 0. The molecule has 182 valence electrons. The molecule has 0 atom stereocenters. The molecule has 9 rings (SSSR count). The number of fused-ring (bicyclic) bond motifs is 10.